The minimum atomic E-state index is -0.526. The van der Waals surface area contributed by atoms with Crippen LogP contribution in [0, 0.1) is 5.92 Å². The lowest BCUT2D eigenvalue weighted by molar-refractivity contribution is 0.0341. The number of piperidine rings is 1. The highest BCUT2D eigenvalue weighted by molar-refractivity contribution is 5.36. The Morgan fingerprint density at radius 2 is 1.76 bits per heavy atom. The summed E-state index contributed by atoms with van der Waals surface area (Å²) in [4.78, 5) is 2.34. The molecule has 0 saturated carbocycles. The molecule has 3 aromatic rings. The van der Waals surface area contributed by atoms with E-state index in [0.717, 1.165) is 49.7 Å². The Morgan fingerprint density at radius 3 is 2.55 bits per heavy atom. The van der Waals surface area contributed by atoms with E-state index in [2.05, 4.69) is 52.1 Å². The predicted molar refractivity (Wildman–Crippen MR) is 127 cm³/mol. The fourth-order valence-electron chi connectivity index (χ4n) is 4.95. The predicted octanol–water partition coefficient (Wildman–Crippen LogP) is 4.13. The zero-order chi connectivity index (χ0) is 22.6. The third-order valence-corrected chi connectivity index (χ3v) is 6.75. The van der Waals surface area contributed by atoms with E-state index in [1.807, 2.05) is 24.3 Å². The van der Waals surface area contributed by atoms with Crippen molar-refractivity contribution in [1.29, 1.82) is 0 Å². The van der Waals surface area contributed by atoms with Crippen LogP contribution in [0.1, 0.15) is 30.2 Å². The van der Waals surface area contributed by atoms with E-state index in [9.17, 15) is 5.11 Å². The van der Waals surface area contributed by atoms with Crippen molar-refractivity contribution in [2.75, 3.05) is 33.4 Å². The summed E-state index contributed by atoms with van der Waals surface area (Å²) in [6, 6.07) is 20.1. The van der Waals surface area contributed by atoms with Crippen molar-refractivity contribution in [1.82, 2.24) is 9.47 Å². The number of rotatable bonds is 7. The molecule has 1 saturated heterocycles. The number of nitrogens with zero attached hydrogens (tertiary/aromatic N) is 2. The molecule has 2 atom stereocenters. The first-order valence-electron chi connectivity index (χ1n) is 11.8. The summed E-state index contributed by atoms with van der Waals surface area (Å²) in [6.45, 7) is 3.66. The van der Waals surface area contributed by atoms with Gasteiger partial charge in [-0.15, -0.1) is 0 Å². The van der Waals surface area contributed by atoms with Crippen LogP contribution in [0.3, 0.4) is 0 Å². The highest BCUT2D eigenvalue weighted by Gasteiger charge is 2.33. The van der Waals surface area contributed by atoms with Crippen LogP contribution in [-0.2, 0) is 6.54 Å². The Hall–Kier alpha value is -2.96. The molecule has 2 aromatic carbocycles. The lowest BCUT2D eigenvalue weighted by Crippen LogP contribution is -2.42. The van der Waals surface area contributed by atoms with Crippen LogP contribution >= 0.6 is 0 Å². The van der Waals surface area contributed by atoms with Crippen LogP contribution in [0.5, 0.6) is 17.2 Å². The Balaban J connectivity index is 1.15. The van der Waals surface area contributed by atoms with Gasteiger partial charge >= 0.3 is 0 Å². The molecule has 6 heteroatoms. The second kappa shape index (κ2) is 9.89. The van der Waals surface area contributed by atoms with Crippen LogP contribution in [0.15, 0.2) is 66.9 Å². The molecule has 0 bridgehead atoms. The molecule has 0 radical (unpaired) electrons. The maximum absolute atomic E-state index is 10.5. The molecule has 174 valence electrons. The first-order chi connectivity index (χ1) is 16.2. The van der Waals surface area contributed by atoms with Crippen LogP contribution < -0.4 is 14.2 Å². The third kappa shape index (κ3) is 5.02. The summed E-state index contributed by atoms with van der Waals surface area (Å²) in [6.07, 6.45) is 3.78. The van der Waals surface area contributed by atoms with Crippen molar-refractivity contribution < 1.29 is 19.3 Å². The summed E-state index contributed by atoms with van der Waals surface area (Å²) in [7, 11) is 1.64. The number of hydrogen-bond acceptors (Lipinski definition) is 5. The number of para-hydroxylation sites is 1. The van der Waals surface area contributed by atoms with E-state index in [-0.39, 0.29) is 12.7 Å². The van der Waals surface area contributed by atoms with Crippen LogP contribution in [0.4, 0.5) is 0 Å². The van der Waals surface area contributed by atoms with Crippen molar-refractivity contribution in [3.63, 3.8) is 0 Å². The monoisotopic (exact) mass is 448 g/mol. The van der Waals surface area contributed by atoms with Crippen molar-refractivity contribution in [2.45, 2.75) is 31.6 Å². The number of aliphatic hydroxyl groups is 1. The minimum Gasteiger partial charge on any atom is -0.497 e. The van der Waals surface area contributed by atoms with Crippen LogP contribution in [0.25, 0.3) is 0 Å². The van der Waals surface area contributed by atoms with Gasteiger partial charge in [0.2, 0.25) is 0 Å². The van der Waals surface area contributed by atoms with Crippen LogP contribution in [0.2, 0.25) is 0 Å². The maximum atomic E-state index is 10.5. The highest BCUT2D eigenvalue weighted by Crippen LogP contribution is 2.39. The zero-order valence-corrected chi connectivity index (χ0v) is 19.1. The summed E-state index contributed by atoms with van der Waals surface area (Å²) in [5, 5.41) is 10.5. The summed E-state index contributed by atoms with van der Waals surface area (Å²) >= 11 is 0. The van der Waals surface area contributed by atoms with Gasteiger partial charge < -0.3 is 28.8 Å². The molecule has 1 aromatic heterocycles. The average molecular weight is 449 g/mol. The van der Waals surface area contributed by atoms with Gasteiger partial charge in [0.25, 0.3) is 0 Å². The van der Waals surface area contributed by atoms with Crippen LogP contribution in [-0.4, -0.2) is 54.0 Å². The largest absolute Gasteiger partial charge is 0.497 e. The Bertz CT molecular complexity index is 1040. The molecule has 0 aliphatic carbocycles. The number of fused-ring (bicyclic) bond motifs is 2. The summed E-state index contributed by atoms with van der Waals surface area (Å²) in [5.74, 6) is 2.98. The molecule has 3 heterocycles. The molecule has 2 aliphatic rings. The maximum Gasteiger partial charge on any atom is 0.141 e. The highest BCUT2D eigenvalue weighted by atomic mass is 16.5. The first kappa shape index (κ1) is 21.9. The molecule has 33 heavy (non-hydrogen) atoms. The van der Waals surface area contributed by atoms with Crippen molar-refractivity contribution in [2.24, 2.45) is 5.92 Å². The topological polar surface area (TPSA) is 56.1 Å². The van der Waals surface area contributed by atoms with Crippen molar-refractivity contribution >= 4 is 0 Å². The van der Waals surface area contributed by atoms with E-state index >= 15 is 0 Å². The summed E-state index contributed by atoms with van der Waals surface area (Å²) in [5.41, 5.74) is 2.49. The number of likely N-dealkylation sites (tertiary alicyclic amines) is 1. The van der Waals surface area contributed by atoms with Gasteiger partial charge in [-0.05, 0) is 68.4 Å². The molecule has 5 rings (SSSR count). The molecule has 1 fully saturated rings. The lowest BCUT2D eigenvalue weighted by atomic mass is 9.89. The van der Waals surface area contributed by atoms with Gasteiger partial charge in [-0.1, -0.05) is 18.2 Å². The number of hydrogen-bond donors (Lipinski definition) is 1. The number of β-amino-alcohol motifs (C(OH)–C–C–N with tert-alkyl or cyclic N) is 1. The number of aliphatic hydroxyl groups excluding tert-OH is 1. The van der Waals surface area contributed by atoms with E-state index < -0.39 is 6.10 Å². The lowest BCUT2D eigenvalue weighted by Gasteiger charge is -2.36. The zero-order valence-electron chi connectivity index (χ0n) is 19.1. The molecule has 1 N–H and O–H groups in total. The number of aromatic nitrogens is 1. The fourth-order valence-corrected chi connectivity index (χ4v) is 4.95. The van der Waals surface area contributed by atoms with Gasteiger partial charge in [-0.2, -0.15) is 0 Å². The van der Waals surface area contributed by atoms with Gasteiger partial charge in [0, 0.05) is 24.2 Å². The van der Waals surface area contributed by atoms with Gasteiger partial charge in [0.05, 0.1) is 19.3 Å². The SMILES string of the molecule is COc1ccc(OCC(O)CN2CCC(C3Oc4ccccc4Cn4cccc43)CC2)cc1. The molecule has 6 nitrogen and oxygen atoms in total. The van der Waals surface area contributed by atoms with E-state index in [0.29, 0.717) is 12.5 Å². The van der Waals surface area contributed by atoms with Gasteiger partial charge in [0.15, 0.2) is 0 Å². The van der Waals surface area contributed by atoms with Gasteiger partial charge in [0.1, 0.15) is 36.1 Å². The minimum absolute atomic E-state index is 0.0640. The number of methoxy groups -OCH3 is 1. The standard InChI is InChI=1S/C27H32N2O4/c1-31-23-8-10-24(11-9-23)32-19-22(30)18-28-15-12-20(13-16-28)27-25-6-4-14-29(25)17-21-5-2-3-7-26(21)33-27/h2-11,14,20,22,27,30H,12-13,15-19H2,1H3. The van der Waals surface area contributed by atoms with E-state index in [1.165, 1.54) is 11.3 Å². The Morgan fingerprint density at radius 1 is 1.00 bits per heavy atom. The smallest absolute Gasteiger partial charge is 0.141 e. The quantitative estimate of drug-likeness (QED) is 0.589. The van der Waals surface area contributed by atoms with E-state index in [1.54, 1.807) is 7.11 Å². The molecule has 2 unspecified atom stereocenters. The Kier molecular flexibility index (Phi) is 6.55. The summed E-state index contributed by atoms with van der Waals surface area (Å²) < 4.78 is 19.8. The second-order valence-electron chi connectivity index (χ2n) is 8.99. The molecular formula is C27H32N2O4. The molecular weight excluding hydrogens is 416 g/mol. The Labute approximate surface area is 195 Å². The van der Waals surface area contributed by atoms with Gasteiger partial charge in [-0.3, -0.25) is 0 Å². The normalized spacial score (nSPS) is 19.6. The average Bonchev–Trinajstić information content (AvgIpc) is 3.24. The second-order valence-corrected chi connectivity index (χ2v) is 8.99. The number of benzene rings is 2. The van der Waals surface area contributed by atoms with Gasteiger partial charge in [-0.25, -0.2) is 0 Å². The molecule has 0 amide bonds. The third-order valence-electron chi connectivity index (χ3n) is 6.75. The van der Waals surface area contributed by atoms with E-state index in [4.69, 9.17) is 14.2 Å². The first-order valence-corrected chi connectivity index (χ1v) is 11.8. The molecule has 2 aliphatic heterocycles. The van der Waals surface area contributed by atoms with Crippen molar-refractivity contribution in [3.05, 3.63) is 78.1 Å². The molecule has 0 spiro atoms. The fraction of sp³-hybridized carbons (Fsp3) is 0.407. The van der Waals surface area contributed by atoms with Crippen molar-refractivity contribution in [3.8, 4) is 17.2 Å². The number of ether oxygens (including phenoxy) is 3.